The number of aliphatic carboxylic acids is 1. The lowest BCUT2D eigenvalue weighted by Gasteiger charge is -2.15. The topological polar surface area (TPSA) is 114 Å². The van der Waals surface area contributed by atoms with Crippen LogP contribution in [0, 0.1) is 3.57 Å². The van der Waals surface area contributed by atoms with Gasteiger partial charge in [0.1, 0.15) is 13.2 Å². The fraction of sp³-hybridized carbons (Fsp3) is 0.192. The summed E-state index contributed by atoms with van der Waals surface area (Å²) < 4.78 is 11.1. The molecule has 3 N–H and O–H groups in total. The highest BCUT2D eigenvalue weighted by atomic mass is 127. The number of fused-ring (bicyclic) bond motifs is 3. The van der Waals surface area contributed by atoms with Crippen LogP contribution in [-0.2, 0) is 14.3 Å². The highest BCUT2D eigenvalue weighted by Gasteiger charge is 2.29. The first-order chi connectivity index (χ1) is 16.9. The number of anilines is 1. The van der Waals surface area contributed by atoms with Crippen molar-refractivity contribution in [3.05, 3.63) is 87.0 Å². The zero-order valence-corrected chi connectivity index (χ0v) is 20.8. The van der Waals surface area contributed by atoms with Gasteiger partial charge in [0.05, 0.1) is 12.3 Å². The number of amides is 2. The van der Waals surface area contributed by atoms with Gasteiger partial charge in [0.2, 0.25) is 0 Å². The molecule has 0 aromatic heterocycles. The molecule has 0 saturated heterocycles. The monoisotopic (exact) mass is 586 g/mol. The molecule has 0 spiro atoms. The Balaban J connectivity index is 1.32. The second-order valence-corrected chi connectivity index (χ2v) is 9.01. The van der Waals surface area contributed by atoms with Gasteiger partial charge in [-0.2, -0.15) is 0 Å². The summed E-state index contributed by atoms with van der Waals surface area (Å²) in [7, 11) is 0. The molecule has 3 aromatic carbocycles. The van der Waals surface area contributed by atoms with Gasteiger partial charge in [0.15, 0.2) is 0 Å². The SMILES string of the molecule is O=C(O)COCCNC(=O)c1ccc(NC(=O)OCC2c3ccccc3-c3ccccc32)c(I)c1. The van der Waals surface area contributed by atoms with Crippen LogP contribution in [0.5, 0.6) is 0 Å². The predicted octanol–water partition coefficient (Wildman–Crippen LogP) is 4.48. The minimum absolute atomic E-state index is 0.0298. The molecule has 0 fully saturated rings. The van der Waals surface area contributed by atoms with E-state index < -0.39 is 18.7 Å². The Hall–Kier alpha value is -3.44. The summed E-state index contributed by atoms with van der Waals surface area (Å²) in [5, 5.41) is 13.9. The molecule has 4 rings (SSSR count). The number of benzene rings is 3. The molecule has 35 heavy (non-hydrogen) atoms. The molecule has 0 bridgehead atoms. The maximum Gasteiger partial charge on any atom is 0.411 e. The van der Waals surface area contributed by atoms with E-state index in [9.17, 15) is 14.4 Å². The van der Waals surface area contributed by atoms with Gasteiger partial charge in [0, 0.05) is 21.6 Å². The zero-order chi connectivity index (χ0) is 24.8. The van der Waals surface area contributed by atoms with Gasteiger partial charge in [-0.1, -0.05) is 48.5 Å². The molecule has 2 amide bonds. The number of nitrogens with one attached hydrogen (secondary N) is 2. The molecule has 0 radical (unpaired) electrons. The van der Waals surface area contributed by atoms with Crippen molar-refractivity contribution in [3.63, 3.8) is 0 Å². The summed E-state index contributed by atoms with van der Waals surface area (Å²) in [6.45, 7) is 0.0733. The molecule has 8 nitrogen and oxygen atoms in total. The van der Waals surface area contributed by atoms with E-state index >= 15 is 0 Å². The van der Waals surface area contributed by atoms with E-state index in [1.54, 1.807) is 18.2 Å². The average molecular weight is 586 g/mol. The van der Waals surface area contributed by atoms with E-state index in [0.29, 0.717) is 14.8 Å². The number of rotatable bonds is 9. The van der Waals surface area contributed by atoms with Crippen LogP contribution in [0.4, 0.5) is 10.5 Å². The van der Waals surface area contributed by atoms with Gasteiger partial charge in [-0.15, -0.1) is 0 Å². The largest absolute Gasteiger partial charge is 0.480 e. The minimum Gasteiger partial charge on any atom is -0.480 e. The number of carbonyl (C=O) groups is 3. The van der Waals surface area contributed by atoms with Crippen molar-refractivity contribution in [3.8, 4) is 11.1 Å². The van der Waals surface area contributed by atoms with E-state index in [-0.39, 0.29) is 31.6 Å². The molecular weight excluding hydrogens is 563 g/mol. The number of ether oxygens (including phenoxy) is 2. The maximum absolute atomic E-state index is 12.5. The minimum atomic E-state index is -1.06. The number of hydrogen-bond acceptors (Lipinski definition) is 5. The Morgan fingerprint density at radius 2 is 1.60 bits per heavy atom. The molecule has 1 aliphatic carbocycles. The van der Waals surface area contributed by atoms with Gasteiger partial charge >= 0.3 is 12.1 Å². The van der Waals surface area contributed by atoms with E-state index in [2.05, 4.69) is 34.9 Å². The standard InChI is InChI=1S/C26H23IN2O6/c27-22-13-16(25(32)28-11-12-34-15-24(30)31)9-10-23(22)29-26(33)35-14-21-19-7-3-1-5-17(19)18-6-2-4-8-20(18)21/h1-10,13,21H,11-12,14-15H2,(H,28,32)(H,29,33)(H,30,31). The number of hydrogen-bond donors (Lipinski definition) is 3. The first-order valence-electron chi connectivity index (χ1n) is 10.9. The molecular formula is C26H23IN2O6. The van der Waals surface area contributed by atoms with E-state index in [1.165, 1.54) is 0 Å². The van der Waals surface area contributed by atoms with Crippen LogP contribution in [0.15, 0.2) is 66.7 Å². The Morgan fingerprint density at radius 3 is 2.23 bits per heavy atom. The van der Waals surface area contributed by atoms with Gasteiger partial charge in [0.25, 0.3) is 5.91 Å². The Bertz CT molecular complexity index is 1220. The molecule has 1 aliphatic rings. The van der Waals surface area contributed by atoms with Crippen LogP contribution in [-0.4, -0.2) is 49.4 Å². The molecule has 0 atom stereocenters. The third kappa shape index (κ3) is 5.98. The lowest BCUT2D eigenvalue weighted by molar-refractivity contribution is -0.142. The molecule has 9 heteroatoms. The highest BCUT2D eigenvalue weighted by Crippen LogP contribution is 2.44. The van der Waals surface area contributed by atoms with Gasteiger partial charge in [-0.05, 0) is 63.0 Å². The van der Waals surface area contributed by atoms with E-state index in [4.69, 9.17) is 14.6 Å². The lowest BCUT2D eigenvalue weighted by atomic mass is 9.98. The number of carboxylic acids is 1. The number of carbonyl (C=O) groups excluding carboxylic acids is 2. The van der Waals surface area contributed by atoms with Crippen LogP contribution < -0.4 is 10.6 Å². The summed E-state index contributed by atoms with van der Waals surface area (Å²) >= 11 is 2.04. The summed E-state index contributed by atoms with van der Waals surface area (Å²) in [4.78, 5) is 35.2. The van der Waals surface area contributed by atoms with Gasteiger partial charge in [-0.25, -0.2) is 9.59 Å². The van der Waals surface area contributed by atoms with Crippen LogP contribution in [0.25, 0.3) is 11.1 Å². The second kappa shape index (κ2) is 11.3. The van der Waals surface area contributed by atoms with Crippen molar-refractivity contribution in [1.82, 2.24) is 5.32 Å². The van der Waals surface area contributed by atoms with Crippen LogP contribution >= 0.6 is 22.6 Å². The number of halogens is 1. The summed E-state index contributed by atoms with van der Waals surface area (Å²) in [6, 6.07) is 21.1. The average Bonchev–Trinajstić information content (AvgIpc) is 3.17. The number of carboxylic acid groups (broad SMARTS) is 1. The summed E-state index contributed by atoms with van der Waals surface area (Å²) in [5.41, 5.74) is 5.54. The summed E-state index contributed by atoms with van der Waals surface area (Å²) in [5.74, 6) is -1.42. The molecule has 3 aromatic rings. The lowest BCUT2D eigenvalue weighted by Crippen LogP contribution is -2.28. The smallest absolute Gasteiger partial charge is 0.411 e. The molecule has 0 heterocycles. The van der Waals surface area contributed by atoms with Crippen molar-refractivity contribution < 1.29 is 29.0 Å². The fourth-order valence-electron chi connectivity index (χ4n) is 4.00. The fourth-order valence-corrected chi connectivity index (χ4v) is 4.65. The van der Waals surface area contributed by atoms with Crippen molar-refractivity contribution in [1.29, 1.82) is 0 Å². The first-order valence-corrected chi connectivity index (χ1v) is 12.0. The Morgan fingerprint density at radius 1 is 0.943 bits per heavy atom. The third-order valence-electron chi connectivity index (χ3n) is 5.57. The predicted molar refractivity (Wildman–Crippen MR) is 139 cm³/mol. The second-order valence-electron chi connectivity index (χ2n) is 7.85. The third-order valence-corrected chi connectivity index (χ3v) is 6.46. The summed E-state index contributed by atoms with van der Waals surface area (Å²) in [6.07, 6.45) is -0.572. The maximum atomic E-state index is 12.5. The molecule has 180 valence electrons. The van der Waals surface area contributed by atoms with E-state index in [0.717, 1.165) is 22.3 Å². The zero-order valence-electron chi connectivity index (χ0n) is 18.6. The van der Waals surface area contributed by atoms with Crippen molar-refractivity contribution in [2.24, 2.45) is 0 Å². The normalized spacial score (nSPS) is 11.9. The van der Waals surface area contributed by atoms with Crippen LogP contribution in [0.1, 0.15) is 27.4 Å². The first kappa shape index (κ1) is 24.7. The van der Waals surface area contributed by atoms with Gasteiger partial charge < -0.3 is 19.9 Å². The molecule has 0 aliphatic heterocycles. The highest BCUT2D eigenvalue weighted by molar-refractivity contribution is 14.1. The van der Waals surface area contributed by atoms with Crippen LogP contribution in [0.2, 0.25) is 0 Å². The van der Waals surface area contributed by atoms with Gasteiger partial charge in [-0.3, -0.25) is 10.1 Å². The van der Waals surface area contributed by atoms with Crippen LogP contribution in [0.3, 0.4) is 0 Å². The Labute approximate surface area is 215 Å². The van der Waals surface area contributed by atoms with Crippen molar-refractivity contribution in [2.45, 2.75) is 5.92 Å². The van der Waals surface area contributed by atoms with E-state index in [1.807, 2.05) is 46.9 Å². The van der Waals surface area contributed by atoms with Crippen molar-refractivity contribution >= 4 is 46.2 Å². The quantitative estimate of drug-likeness (QED) is 0.252. The van der Waals surface area contributed by atoms with Crippen molar-refractivity contribution in [2.75, 3.05) is 31.7 Å². The molecule has 0 unspecified atom stereocenters. The Kier molecular flexibility index (Phi) is 7.98. The molecule has 0 saturated carbocycles.